The topological polar surface area (TPSA) is 44.3 Å². The van der Waals surface area contributed by atoms with Crippen LogP contribution >= 0.6 is 0 Å². The molecule has 2 aliphatic heterocycles. The predicted octanol–water partition coefficient (Wildman–Crippen LogP) is 6.12. The molecule has 0 aliphatic carbocycles. The fourth-order valence-electron chi connectivity index (χ4n) is 5.82. The summed E-state index contributed by atoms with van der Waals surface area (Å²) in [5, 5.41) is 3.15. The van der Waals surface area contributed by atoms with Crippen LogP contribution in [0.2, 0.25) is 0 Å². The molecule has 3 heterocycles. The standard InChI is InChI=1S/C29H34F3N5/c1-19-13-20(2)18-37(17-19)23-9-11-36(12-10-23)29-34-16-25(24-5-3-4-6-26(24)31)28(35-29)33-15-21-7-8-22(30)14-27(21)32/h3-8,14,16,19-20,23H,9-13,15,17-18H2,1-2H3,(H,33,34,35). The highest BCUT2D eigenvalue weighted by molar-refractivity contribution is 5.75. The van der Waals surface area contributed by atoms with Crippen LogP contribution in [0.5, 0.6) is 0 Å². The Hall–Kier alpha value is -3.13. The van der Waals surface area contributed by atoms with E-state index in [4.69, 9.17) is 4.98 Å². The maximum atomic E-state index is 14.7. The van der Waals surface area contributed by atoms with Gasteiger partial charge in [-0.15, -0.1) is 0 Å². The van der Waals surface area contributed by atoms with Gasteiger partial charge in [0, 0.05) is 67.7 Å². The number of rotatable bonds is 6. The molecule has 37 heavy (non-hydrogen) atoms. The van der Waals surface area contributed by atoms with E-state index in [1.807, 2.05) is 0 Å². The number of aromatic nitrogens is 2. The zero-order chi connectivity index (χ0) is 25.9. The average molecular weight is 510 g/mol. The lowest BCUT2D eigenvalue weighted by molar-refractivity contribution is 0.0824. The van der Waals surface area contributed by atoms with Crippen LogP contribution in [-0.2, 0) is 6.54 Å². The Morgan fingerprint density at radius 2 is 1.65 bits per heavy atom. The summed E-state index contributed by atoms with van der Waals surface area (Å²) >= 11 is 0. The van der Waals surface area contributed by atoms with Gasteiger partial charge in [-0.3, -0.25) is 4.90 Å². The van der Waals surface area contributed by atoms with Crippen molar-refractivity contribution >= 4 is 11.8 Å². The highest BCUT2D eigenvalue weighted by Crippen LogP contribution is 2.32. The van der Waals surface area contributed by atoms with Crippen molar-refractivity contribution in [1.29, 1.82) is 0 Å². The number of hydrogen-bond acceptors (Lipinski definition) is 5. The Labute approximate surface area is 216 Å². The van der Waals surface area contributed by atoms with Gasteiger partial charge in [0.25, 0.3) is 0 Å². The van der Waals surface area contributed by atoms with Crippen molar-refractivity contribution in [1.82, 2.24) is 14.9 Å². The van der Waals surface area contributed by atoms with Crippen LogP contribution in [0.4, 0.5) is 24.9 Å². The molecule has 0 spiro atoms. The first-order valence-corrected chi connectivity index (χ1v) is 13.2. The average Bonchev–Trinajstić information content (AvgIpc) is 2.88. The molecular formula is C29H34F3N5. The summed E-state index contributed by atoms with van der Waals surface area (Å²) in [6.07, 6.45) is 5.02. The van der Waals surface area contributed by atoms with Crippen LogP contribution in [-0.4, -0.2) is 47.1 Å². The Balaban J connectivity index is 1.35. The smallest absolute Gasteiger partial charge is 0.227 e. The van der Waals surface area contributed by atoms with E-state index in [-0.39, 0.29) is 12.4 Å². The van der Waals surface area contributed by atoms with Crippen LogP contribution in [0.15, 0.2) is 48.7 Å². The van der Waals surface area contributed by atoms with E-state index in [2.05, 4.69) is 33.9 Å². The van der Waals surface area contributed by atoms with Crippen LogP contribution in [0.25, 0.3) is 11.1 Å². The summed E-state index contributed by atoms with van der Waals surface area (Å²) in [4.78, 5) is 14.2. The molecule has 0 radical (unpaired) electrons. The molecule has 5 nitrogen and oxygen atoms in total. The third-order valence-corrected chi connectivity index (χ3v) is 7.56. The minimum absolute atomic E-state index is 0.0808. The van der Waals surface area contributed by atoms with Crippen molar-refractivity contribution in [3.63, 3.8) is 0 Å². The van der Waals surface area contributed by atoms with Gasteiger partial charge < -0.3 is 10.2 Å². The molecule has 5 rings (SSSR count). The van der Waals surface area contributed by atoms with Crippen molar-refractivity contribution < 1.29 is 13.2 Å². The normalized spacial score (nSPS) is 21.3. The summed E-state index contributed by atoms with van der Waals surface area (Å²) in [5.74, 6) is 0.791. The van der Waals surface area contributed by atoms with Crippen molar-refractivity contribution in [2.45, 2.75) is 45.7 Å². The third kappa shape index (κ3) is 5.90. The Bertz CT molecular complexity index is 1220. The minimum Gasteiger partial charge on any atom is -0.365 e. The highest BCUT2D eigenvalue weighted by Gasteiger charge is 2.31. The van der Waals surface area contributed by atoms with E-state index in [0.717, 1.165) is 56.9 Å². The summed E-state index contributed by atoms with van der Waals surface area (Å²) in [5.41, 5.74) is 1.16. The number of benzene rings is 2. The van der Waals surface area contributed by atoms with E-state index >= 15 is 0 Å². The van der Waals surface area contributed by atoms with Gasteiger partial charge in [-0.05, 0) is 43.2 Å². The maximum absolute atomic E-state index is 14.7. The first-order valence-electron chi connectivity index (χ1n) is 13.2. The molecule has 2 atom stereocenters. The second-order valence-electron chi connectivity index (χ2n) is 10.6. The second kappa shape index (κ2) is 11.1. The molecular weight excluding hydrogens is 475 g/mol. The lowest BCUT2D eigenvalue weighted by Crippen LogP contribution is -2.50. The molecule has 0 bridgehead atoms. The molecule has 0 saturated carbocycles. The fourth-order valence-corrected chi connectivity index (χ4v) is 5.82. The first-order chi connectivity index (χ1) is 17.9. The van der Waals surface area contributed by atoms with Crippen molar-refractivity contribution in [3.05, 3.63) is 71.7 Å². The van der Waals surface area contributed by atoms with E-state index in [1.54, 1.807) is 24.4 Å². The van der Waals surface area contributed by atoms with E-state index in [1.165, 1.54) is 24.6 Å². The van der Waals surface area contributed by atoms with E-state index in [9.17, 15) is 13.2 Å². The highest BCUT2D eigenvalue weighted by atomic mass is 19.1. The number of anilines is 2. The number of nitrogens with zero attached hydrogens (tertiary/aromatic N) is 4. The van der Waals surface area contributed by atoms with E-state index in [0.29, 0.717) is 34.5 Å². The Morgan fingerprint density at radius 1 is 0.919 bits per heavy atom. The summed E-state index contributed by atoms with van der Waals surface area (Å²) in [7, 11) is 0. The largest absolute Gasteiger partial charge is 0.365 e. The van der Waals surface area contributed by atoms with Gasteiger partial charge >= 0.3 is 0 Å². The quantitative estimate of drug-likeness (QED) is 0.434. The molecule has 1 N–H and O–H groups in total. The summed E-state index contributed by atoms with van der Waals surface area (Å²) in [6, 6.07) is 10.5. The summed E-state index contributed by atoms with van der Waals surface area (Å²) in [6.45, 7) is 8.78. The van der Waals surface area contributed by atoms with Gasteiger partial charge in [-0.1, -0.05) is 38.1 Å². The monoisotopic (exact) mass is 509 g/mol. The lowest BCUT2D eigenvalue weighted by Gasteiger charge is -2.43. The van der Waals surface area contributed by atoms with Gasteiger partial charge in [0.15, 0.2) is 0 Å². The number of nitrogens with one attached hydrogen (secondary N) is 1. The van der Waals surface area contributed by atoms with Crippen molar-refractivity contribution in [2.24, 2.45) is 11.8 Å². The first kappa shape index (κ1) is 25.5. The van der Waals surface area contributed by atoms with Crippen molar-refractivity contribution in [2.75, 3.05) is 36.4 Å². The zero-order valence-electron chi connectivity index (χ0n) is 21.4. The van der Waals surface area contributed by atoms with Gasteiger partial charge in [-0.25, -0.2) is 18.2 Å². The number of piperidine rings is 2. The predicted molar refractivity (Wildman–Crippen MR) is 141 cm³/mol. The molecule has 2 aromatic carbocycles. The third-order valence-electron chi connectivity index (χ3n) is 7.56. The fraction of sp³-hybridized carbons (Fsp3) is 0.448. The molecule has 8 heteroatoms. The van der Waals surface area contributed by atoms with Crippen molar-refractivity contribution in [3.8, 4) is 11.1 Å². The number of hydrogen-bond donors (Lipinski definition) is 1. The van der Waals surface area contributed by atoms with Gasteiger partial charge in [-0.2, -0.15) is 4.98 Å². The van der Waals surface area contributed by atoms with Crippen LogP contribution in [0, 0.1) is 29.3 Å². The molecule has 0 amide bonds. The summed E-state index contributed by atoms with van der Waals surface area (Å²) < 4.78 is 42.3. The molecule has 2 saturated heterocycles. The molecule has 3 aromatic rings. The lowest BCUT2D eigenvalue weighted by atomic mass is 9.89. The zero-order valence-corrected chi connectivity index (χ0v) is 21.4. The SMILES string of the molecule is CC1CC(C)CN(C2CCN(c3ncc(-c4ccccc4F)c(NCc4ccc(F)cc4F)n3)CC2)C1. The molecule has 196 valence electrons. The Kier molecular flexibility index (Phi) is 7.65. The van der Waals surface area contributed by atoms with Crippen LogP contribution in [0.3, 0.4) is 0 Å². The number of likely N-dealkylation sites (tertiary alicyclic amines) is 1. The van der Waals surface area contributed by atoms with Gasteiger partial charge in [0.05, 0.1) is 0 Å². The molecule has 2 aliphatic rings. The molecule has 1 aromatic heterocycles. The van der Waals surface area contributed by atoms with E-state index < -0.39 is 11.6 Å². The van der Waals surface area contributed by atoms with Gasteiger partial charge in [0.2, 0.25) is 5.95 Å². The van der Waals surface area contributed by atoms with Crippen LogP contribution < -0.4 is 10.2 Å². The molecule has 2 fully saturated rings. The van der Waals surface area contributed by atoms with Gasteiger partial charge in [0.1, 0.15) is 23.3 Å². The number of halogens is 3. The molecule has 2 unspecified atom stereocenters. The van der Waals surface area contributed by atoms with Crippen LogP contribution in [0.1, 0.15) is 38.7 Å². The Morgan fingerprint density at radius 3 is 2.35 bits per heavy atom. The minimum atomic E-state index is -0.641. The maximum Gasteiger partial charge on any atom is 0.227 e. The second-order valence-corrected chi connectivity index (χ2v) is 10.6.